The lowest BCUT2D eigenvalue weighted by atomic mass is 10.1. The summed E-state index contributed by atoms with van der Waals surface area (Å²) < 4.78 is 4.92. The third kappa shape index (κ3) is 1.12. The fraction of sp³-hybridized carbons (Fsp3) is 0.125. The monoisotopic (exact) mass is 163 g/mol. The van der Waals surface area contributed by atoms with Crippen molar-refractivity contribution in [3.8, 4) is 11.8 Å². The number of ether oxygens (including phenoxy) is 1. The van der Waals surface area contributed by atoms with E-state index in [0.29, 0.717) is 17.1 Å². The zero-order valence-electron chi connectivity index (χ0n) is 6.66. The Morgan fingerprint density at radius 1 is 1.33 bits per heavy atom. The van der Waals surface area contributed by atoms with E-state index in [-0.39, 0.29) is 5.56 Å². The third-order valence-electron chi connectivity index (χ3n) is 1.54. The van der Waals surface area contributed by atoms with Gasteiger partial charge in [0.05, 0.1) is 18.5 Å². The van der Waals surface area contributed by atoms with Crippen LogP contribution in [0.4, 0.5) is 11.4 Å². The maximum absolute atomic E-state index is 8.69. The normalized spacial score (nSPS) is 9.00. The average molecular weight is 163 g/mol. The Morgan fingerprint density at radius 3 is 2.33 bits per heavy atom. The lowest BCUT2D eigenvalue weighted by Gasteiger charge is -2.07. The molecule has 4 N–H and O–H groups in total. The predicted molar refractivity (Wildman–Crippen MR) is 46.5 cm³/mol. The first-order chi connectivity index (χ1) is 5.70. The van der Waals surface area contributed by atoms with Gasteiger partial charge in [-0.1, -0.05) is 0 Å². The number of nitrogens with two attached hydrogens (primary N) is 2. The highest BCUT2D eigenvalue weighted by atomic mass is 16.5. The van der Waals surface area contributed by atoms with E-state index in [9.17, 15) is 0 Å². The molecule has 0 saturated heterocycles. The molecular formula is C8H9N3O. The molecule has 4 nitrogen and oxygen atoms in total. The van der Waals surface area contributed by atoms with Gasteiger partial charge < -0.3 is 16.2 Å². The molecule has 0 atom stereocenters. The van der Waals surface area contributed by atoms with E-state index in [1.807, 2.05) is 6.07 Å². The summed E-state index contributed by atoms with van der Waals surface area (Å²) in [4.78, 5) is 0. The molecule has 1 aromatic carbocycles. The molecule has 0 saturated carbocycles. The van der Waals surface area contributed by atoms with E-state index >= 15 is 0 Å². The molecular weight excluding hydrogens is 154 g/mol. The summed E-state index contributed by atoms with van der Waals surface area (Å²) in [6.45, 7) is 0. The smallest absolute Gasteiger partial charge is 0.161 e. The number of nitrogen functional groups attached to an aromatic ring is 2. The first kappa shape index (κ1) is 8.21. The van der Waals surface area contributed by atoms with Gasteiger partial charge in [-0.3, -0.25) is 0 Å². The highest BCUT2D eigenvalue weighted by molar-refractivity contribution is 5.70. The fourth-order valence-electron chi connectivity index (χ4n) is 0.949. The lowest BCUT2D eigenvalue weighted by Crippen LogP contribution is -1.99. The van der Waals surface area contributed by atoms with Crippen molar-refractivity contribution in [2.45, 2.75) is 0 Å². The van der Waals surface area contributed by atoms with E-state index < -0.39 is 0 Å². The topological polar surface area (TPSA) is 85.1 Å². The number of anilines is 2. The molecule has 0 amide bonds. The van der Waals surface area contributed by atoms with Crippen LogP contribution in [0, 0.1) is 11.3 Å². The summed E-state index contributed by atoms with van der Waals surface area (Å²) in [5, 5.41) is 8.69. The molecule has 0 spiro atoms. The van der Waals surface area contributed by atoms with Crippen molar-refractivity contribution in [2.24, 2.45) is 0 Å². The van der Waals surface area contributed by atoms with E-state index in [1.54, 1.807) is 12.1 Å². The number of benzene rings is 1. The van der Waals surface area contributed by atoms with Crippen LogP contribution in [-0.2, 0) is 0 Å². The number of hydrogen-bond donors (Lipinski definition) is 2. The molecule has 12 heavy (non-hydrogen) atoms. The molecule has 62 valence electrons. The minimum Gasteiger partial charge on any atom is -0.493 e. The summed E-state index contributed by atoms with van der Waals surface area (Å²) in [5.74, 6) is 0.345. The van der Waals surface area contributed by atoms with E-state index in [2.05, 4.69) is 0 Å². The summed E-state index contributed by atoms with van der Waals surface area (Å²) in [6.07, 6.45) is 0. The van der Waals surface area contributed by atoms with E-state index in [1.165, 1.54) is 7.11 Å². The number of methoxy groups -OCH3 is 1. The van der Waals surface area contributed by atoms with Crippen LogP contribution in [0.5, 0.6) is 5.75 Å². The van der Waals surface area contributed by atoms with Gasteiger partial charge in [-0.2, -0.15) is 5.26 Å². The molecule has 0 aromatic heterocycles. The Hall–Kier alpha value is -1.89. The molecule has 0 fully saturated rings. The zero-order chi connectivity index (χ0) is 9.14. The van der Waals surface area contributed by atoms with Crippen LogP contribution in [0.25, 0.3) is 0 Å². The minimum atomic E-state index is 0.289. The highest BCUT2D eigenvalue weighted by Gasteiger charge is 2.09. The Labute approximate surface area is 70.3 Å². The van der Waals surface area contributed by atoms with Gasteiger partial charge in [0.2, 0.25) is 0 Å². The van der Waals surface area contributed by atoms with Crippen molar-refractivity contribution in [1.29, 1.82) is 5.26 Å². The second-order valence-corrected chi connectivity index (χ2v) is 2.26. The standard InChI is InChI=1S/C8H9N3O/c1-12-8-5(4-9)6(10)2-3-7(8)11/h2-3H,10-11H2,1H3. The second kappa shape index (κ2) is 3.01. The maximum atomic E-state index is 8.69. The van der Waals surface area contributed by atoms with Crippen LogP contribution in [-0.4, -0.2) is 7.11 Å². The van der Waals surface area contributed by atoms with Crippen LogP contribution in [0.15, 0.2) is 12.1 Å². The van der Waals surface area contributed by atoms with Crippen molar-refractivity contribution >= 4 is 11.4 Å². The third-order valence-corrected chi connectivity index (χ3v) is 1.54. The quantitative estimate of drug-likeness (QED) is 0.597. The predicted octanol–water partition coefficient (Wildman–Crippen LogP) is 0.731. The van der Waals surface area contributed by atoms with E-state index in [4.69, 9.17) is 21.5 Å². The minimum absolute atomic E-state index is 0.289. The van der Waals surface area contributed by atoms with E-state index in [0.717, 1.165) is 0 Å². The second-order valence-electron chi connectivity index (χ2n) is 2.26. The van der Waals surface area contributed by atoms with Crippen molar-refractivity contribution in [3.05, 3.63) is 17.7 Å². The van der Waals surface area contributed by atoms with Crippen molar-refractivity contribution < 1.29 is 4.74 Å². The average Bonchev–Trinajstić information content (AvgIpc) is 2.08. The molecule has 4 heteroatoms. The van der Waals surface area contributed by atoms with Crippen LogP contribution in [0.2, 0.25) is 0 Å². The molecule has 0 radical (unpaired) electrons. The Morgan fingerprint density at radius 2 is 1.92 bits per heavy atom. The molecule has 0 aliphatic carbocycles. The number of rotatable bonds is 1. The highest BCUT2D eigenvalue weighted by Crippen LogP contribution is 2.29. The van der Waals surface area contributed by atoms with Gasteiger partial charge in [0.15, 0.2) is 5.75 Å². The lowest BCUT2D eigenvalue weighted by molar-refractivity contribution is 0.416. The van der Waals surface area contributed by atoms with Gasteiger partial charge in [-0.15, -0.1) is 0 Å². The Bertz CT molecular complexity index is 341. The summed E-state index contributed by atoms with van der Waals surface area (Å²) in [6, 6.07) is 5.11. The number of nitrogens with zero attached hydrogens (tertiary/aromatic N) is 1. The summed E-state index contributed by atoms with van der Waals surface area (Å²) in [7, 11) is 1.45. The van der Waals surface area contributed by atoms with Gasteiger partial charge in [0, 0.05) is 0 Å². The molecule has 1 aromatic rings. The van der Waals surface area contributed by atoms with Gasteiger partial charge in [-0.25, -0.2) is 0 Å². The Balaban J connectivity index is 3.41. The first-order valence-electron chi connectivity index (χ1n) is 3.32. The van der Waals surface area contributed by atoms with Gasteiger partial charge >= 0.3 is 0 Å². The van der Waals surface area contributed by atoms with Crippen molar-refractivity contribution in [1.82, 2.24) is 0 Å². The van der Waals surface area contributed by atoms with Gasteiger partial charge in [0.1, 0.15) is 11.6 Å². The maximum Gasteiger partial charge on any atom is 0.161 e. The largest absolute Gasteiger partial charge is 0.493 e. The van der Waals surface area contributed by atoms with Crippen LogP contribution >= 0.6 is 0 Å². The molecule has 0 bridgehead atoms. The molecule has 0 aliphatic heterocycles. The van der Waals surface area contributed by atoms with Gasteiger partial charge in [0.25, 0.3) is 0 Å². The van der Waals surface area contributed by atoms with Crippen molar-refractivity contribution in [3.63, 3.8) is 0 Å². The summed E-state index contributed by atoms with van der Waals surface area (Å²) >= 11 is 0. The summed E-state index contributed by atoms with van der Waals surface area (Å²) in [5.41, 5.74) is 12.2. The zero-order valence-corrected chi connectivity index (χ0v) is 6.66. The fourth-order valence-corrected chi connectivity index (χ4v) is 0.949. The first-order valence-corrected chi connectivity index (χ1v) is 3.32. The molecule has 0 heterocycles. The molecule has 0 unspecified atom stereocenters. The number of hydrogen-bond acceptors (Lipinski definition) is 4. The Kier molecular flexibility index (Phi) is 2.06. The van der Waals surface area contributed by atoms with Crippen LogP contribution in [0.1, 0.15) is 5.56 Å². The van der Waals surface area contributed by atoms with Crippen molar-refractivity contribution in [2.75, 3.05) is 18.6 Å². The van der Waals surface area contributed by atoms with Crippen LogP contribution < -0.4 is 16.2 Å². The van der Waals surface area contributed by atoms with Crippen LogP contribution in [0.3, 0.4) is 0 Å². The van der Waals surface area contributed by atoms with Gasteiger partial charge in [-0.05, 0) is 12.1 Å². The molecule has 1 rings (SSSR count). The SMILES string of the molecule is COc1c(N)ccc(N)c1C#N. The molecule has 0 aliphatic rings. The number of nitriles is 1.